The fraction of sp³-hybridized carbons (Fsp3) is 0.320. The number of carbonyl (C=O) groups excluding carboxylic acids is 1. The number of anilines is 2. The van der Waals surface area contributed by atoms with Gasteiger partial charge in [-0.05, 0) is 79.5 Å². The molecule has 0 radical (unpaired) electrons. The molecule has 5 rings (SSSR count). The second kappa shape index (κ2) is 9.35. The highest BCUT2D eigenvalue weighted by atomic mass is 16.5. The van der Waals surface area contributed by atoms with Crippen molar-refractivity contribution in [3.05, 3.63) is 53.6 Å². The molecule has 9 heteroatoms. The van der Waals surface area contributed by atoms with Crippen molar-refractivity contribution in [3.63, 3.8) is 0 Å². The molecule has 0 atom stereocenters. The van der Waals surface area contributed by atoms with Crippen molar-refractivity contribution in [3.8, 4) is 17.8 Å². The number of fused-ring (bicyclic) bond motifs is 1. The lowest BCUT2D eigenvalue weighted by Crippen LogP contribution is -2.17. The van der Waals surface area contributed by atoms with E-state index in [0.717, 1.165) is 42.4 Å². The van der Waals surface area contributed by atoms with Crippen LogP contribution in [0, 0.1) is 17.2 Å². The van der Waals surface area contributed by atoms with Crippen LogP contribution in [-0.2, 0) is 9.53 Å². The monoisotopic (exact) mass is 456 g/mol. The second-order valence-electron chi connectivity index (χ2n) is 8.59. The van der Waals surface area contributed by atoms with Crippen molar-refractivity contribution >= 4 is 28.7 Å². The lowest BCUT2D eigenvalue weighted by molar-refractivity contribution is -0.142. The Balaban J connectivity index is 1.27. The fourth-order valence-corrected chi connectivity index (χ4v) is 4.52. The summed E-state index contributed by atoms with van der Waals surface area (Å²) in [7, 11) is 1.45. The normalized spacial score (nSPS) is 17.9. The number of hydrogen-bond donors (Lipinski definition) is 2. The van der Waals surface area contributed by atoms with Crippen molar-refractivity contribution in [1.82, 2.24) is 20.2 Å². The van der Waals surface area contributed by atoms with Gasteiger partial charge in [0.15, 0.2) is 5.82 Å². The van der Waals surface area contributed by atoms with Crippen molar-refractivity contribution < 1.29 is 13.9 Å². The number of nitriles is 1. The van der Waals surface area contributed by atoms with Crippen LogP contribution in [0.4, 0.5) is 11.7 Å². The maximum Gasteiger partial charge on any atom is 0.320 e. The Bertz CT molecular complexity index is 1340. The van der Waals surface area contributed by atoms with Crippen molar-refractivity contribution in [2.75, 3.05) is 12.4 Å². The smallest absolute Gasteiger partial charge is 0.320 e. The Morgan fingerprint density at radius 1 is 1.18 bits per heavy atom. The standard InChI is InChI=1S/C25H24N6O3/c1-33-22(32)12-15-2-6-17(7-3-15)18-8-11-20-21(13-18)29-23(28-20)24-30-31-25(34-24)27-19-9-4-16(14-26)5-10-19/h4-5,8-11,13,15,17H,2-3,6-7,12H2,1H3,(H,27,31)(H,28,29). The number of aromatic nitrogens is 4. The van der Waals surface area contributed by atoms with Gasteiger partial charge in [0, 0.05) is 12.1 Å². The van der Waals surface area contributed by atoms with Gasteiger partial charge in [0.05, 0.1) is 29.8 Å². The largest absolute Gasteiger partial charge is 0.469 e. The summed E-state index contributed by atoms with van der Waals surface area (Å²) < 4.78 is 10.5. The topological polar surface area (TPSA) is 130 Å². The fourth-order valence-electron chi connectivity index (χ4n) is 4.52. The molecular weight excluding hydrogens is 432 g/mol. The van der Waals surface area contributed by atoms with Gasteiger partial charge in [-0.25, -0.2) is 4.98 Å². The van der Waals surface area contributed by atoms with Gasteiger partial charge in [0.1, 0.15) is 0 Å². The zero-order valence-electron chi connectivity index (χ0n) is 18.7. The zero-order chi connectivity index (χ0) is 23.5. The maximum atomic E-state index is 11.5. The predicted octanol–water partition coefficient (Wildman–Crippen LogP) is 5.07. The molecule has 2 heterocycles. The van der Waals surface area contributed by atoms with Crippen LogP contribution in [-0.4, -0.2) is 33.2 Å². The third-order valence-electron chi connectivity index (χ3n) is 6.40. The van der Waals surface area contributed by atoms with Gasteiger partial charge in [-0.1, -0.05) is 11.2 Å². The van der Waals surface area contributed by atoms with Crippen LogP contribution in [0.25, 0.3) is 22.7 Å². The molecule has 9 nitrogen and oxygen atoms in total. The van der Waals surface area contributed by atoms with E-state index in [0.29, 0.717) is 29.6 Å². The van der Waals surface area contributed by atoms with E-state index in [-0.39, 0.29) is 17.9 Å². The second-order valence-corrected chi connectivity index (χ2v) is 8.59. The first-order valence-electron chi connectivity index (χ1n) is 11.3. The summed E-state index contributed by atoms with van der Waals surface area (Å²) in [6.45, 7) is 0. The molecule has 0 amide bonds. The van der Waals surface area contributed by atoms with Crippen molar-refractivity contribution in [1.29, 1.82) is 5.26 Å². The van der Waals surface area contributed by atoms with Gasteiger partial charge in [-0.2, -0.15) is 5.26 Å². The Morgan fingerprint density at radius 2 is 1.97 bits per heavy atom. The lowest BCUT2D eigenvalue weighted by Gasteiger charge is -2.28. The summed E-state index contributed by atoms with van der Waals surface area (Å²) in [5.41, 5.74) is 4.34. The molecule has 34 heavy (non-hydrogen) atoms. The molecule has 1 aliphatic carbocycles. The molecule has 0 bridgehead atoms. The molecule has 1 aliphatic rings. The molecule has 4 aromatic rings. The molecule has 2 aromatic carbocycles. The van der Waals surface area contributed by atoms with E-state index in [9.17, 15) is 4.79 Å². The molecule has 0 unspecified atom stereocenters. The van der Waals surface area contributed by atoms with Gasteiger partial charge in [0.2, 0.25) is 0 Å². The van der Waals surface area contributed by atoms with E-state index < -0.39 is 0 Å². The van der Waals surface area contributed by atoms with E-state index in [2.05, 4.69) is 43.7 Å². The van der Waals surface area contributed by atoms with Gasteiger partial charge in [-0.15, -0.1) is 5.10 Å². The van der Waals surface area contributed by atoms with Gasteiger partial charge < -0.3 is 19.5 Å². The van der Waals surface area contributed by atoms with E-state index in [1.165, 1.54) is 12.7 Å². The molecule has 2 N–H and O–H groups in total. The first-order valence-corrected chi connectivity index (χ1v) is 11.3. The third-order valence-corrected chi connectivity index (χ3v) is 6.40. The van der Waals surface area contributed by atoms with Crippen LogP contribution < -0.4 is 5.32 Å². The number of methoxy groups -OCH3 is 1. The van der Waals surface area contributed by atoms with E-state index in [1.807, 2.05) is 6.07 Å². The third kappa shape index (κ3) is 4.62. The molecule has 0 spiro atoms. The highest BCUT2D eigenvalue weighted by molar-refractivity contribution is 5.79. The summed E-state index contributed by atoms with van der Waals surface area (Å²) in [5, 5.41) is 20.1. The van der Waals surface area contributed by atoms with Gasteiger partial charge in [0.25, 0.3) is 5.89 Å². The number of carbonyl (C=O) groups is 1. The SMILES string of the molecule is COC(=O)CC1CCC(c2ccc3nc(-c4nnc(Nc5ccc(C#N)cc5)o4)[nH]c3c2)CC1. The van der Waals surface area contributed by atoms with Crippen LogP contribution in [0.1, 0.15) is 49.1 Å². The number of nitrogens with one attached hydrogen (secondary N) is 2. The summed E-state index contributed by atoms with van der Waals surface area (Å²) in [6.07, 6.45) is 4.69. The highest BCUT2D eigenvalue weighted by Crippen LogP contribution is 2.38. The molecule has 1 saturated carbocycles. The lowest BCUT2D eigenvalue weighted by atomic mass is 9.77. The number of H-pyrrole nitrogens is 1. The molecule has 0 aliphatic heterocycles. The minimum Gasteiger partial charge on any atom is -0.469 e. The number of benzene rings is 2. The van der Waals surface area contributed by atoms with Crippen LogP contribution in [0.15, 0.2) is 46.9 Å². The van der Waals surface area contributed by atoms with Crippen molar-refractivity contribution in [2.45, 2.75) is 38.0 Å². The maximum absolute atomic E-state index is 11.5. The summed E-state index contributed by atoms with van der Waals surface area (Å²) in [6, 6.07) is 15.6. The van der Waals surface area contributed by atoms with Gasteiger partial charge >= 0.3 is 12.0 Å². The Kier molecular flexibility index (Phi) is 5.95. The number of rotatable bonds is 6. The van der Waals surface area contributed by atoms with E-state index in [4.69, 9.17) is 14.4 Å². The van der Waals surface area contributed by atoms with Gasteiger partial charge in [-0.3, -0.25) is 4.79 Å². The summed E-state index contributed by atoms with van der Waals surface area (Å²) in [5.74, 6) is 1.56. The average molecular weight is 457 g/mol. The number of nitrogens with zero attached hydrogens (tertiary/aromatic N) is 4. The molecule has 2 aromatic heterocycles. The van der Waals surface area contributed by atoms with Crippen LogP contribution >= 0.6 is 0 Å². The zero-order valence-corrected chi connectivity index (χ0v) is 18.7. The summed E-state index contributed by atoms with van der Waals surface area (Å²) >= 11 is 0. The quantitative estimate of drug-likeness (QED) is 0.385. The molecule has 1 fully saturated rings. The Morgan fingerprint density at radius 3 is 2.71 bits per heavy atom. The minimum atomic E-state index is -0.119. The number of esters is 1. The first-order chi connectivity index (χ1) is 16.6. The predicted molar refractivity (Wildman–Crippen MR) is 125 cm³/mol. The van der Waals surface area contributed by atoms with E-state index >= 15 is 0 Å². The average Bonchev–Trinajstić information content (AvgIpc) is 3.51. The summed E-state index contributed by atoms with van der Waals surface area (Å²) in [4.78, 5) is 19.4. The van der Waals surface area contributed by atoms with Crippen molar-refractivity contribution in [2.24, 2.45) is 5.92 Å². The Hall–Kier alpha value is -4.19. The first kappa shape index (κ1) is 21.6. The van der Waals surface area contributed by atoms with Crippen LogP contribution in [0.5, 0.6) is 0 Å². The highest BCUT2D eigenvalue weighted by Gasteiger charge is 2.25. The van der Waals surface area contributed by atoms with E-state index in [1.54, 1.807) is 24.3 Å². The number of hydrogen-bond acceptors (Lipinski definition) is 8. The number of aromatic amines is 1. The molecular formula is C25H24N6O3. The molecule has 0 saturated heterocycles. The van der Waals surface area contributed by atoms with Crippen LogP contribution in [0.3, 0.4) is 0 Å². The minimum absolute atomic E-state index is 0.119. The molecule has 172 valence electrons. The number of ether oxygens (including phenoxy) is 1. The number of imidazole rings is 1. The van der Waals surface area contributed by atoms with Crippen LogP contribution in [0.2, 0.25) is 0 Å². The Labute approximate surface area is 196 Å².